The van der Waals surface area contributed by atoms with Crippen LogP contribution in [0.15, 0.2) is 34.7 Å². The lowest BCUT2D eigenvalue weighted by Crippen LogP contribution is -2.35. The number of para-hydroxylation sites is 1. The Hall–Kier alpha value is -1.52. The van der Waals surface area contributed by atoms with E-state index in [4.69, 9.17) is 16.0 Å². The molecular formula is C16H19ClN2O2. The number of hydrogen-bond donors (Lipinski definition) is 0. The normalized spacial score (nSPS) is 17.1. The average Bonchev–Trinajstić information content (AvgIpc) is 2.80. The van der Waals surface area contributed by atoms with Crippen molar-refractivity contribution >= 4 is 28.5 Å². The molecule has 0 unspecified atom stereocenters. The van der Waals surface area contributed by atoms with Crippen molar-refractivity contribution in [1.29, 1.82) is 0 Å². The van der Waals surface area contributed by atoms with Gasteiger partial charge in [-0.15, -0.1) is 11.6 Å². The second kappa shape index (κ2) is 6.50. The van der Waals surface area contributed by atoms with Crippen molar-refractivity contribution in [2.75, 3.05) is 38.6 Å². The van der Waals surface area contributed by atoms with Gasteiger partial charge in [0, 0.05) is 37.4 Å². The number of benzene rings is 1. The second-order valence-electron chi connectivity index (χ2n) is 5.32. The molecule has 0 saturated carbocycles. The molecule has 1 aliphatic heterocycles. The van der Waals surface area contributed by atoms with Crippen LogP contribution >= 0.6 is 11.6 Å². The lowest BCUT2D eigenvalue weighted by atomic mass is 10.2. The van der Waals surface area contributed by atoms with Crippen LogP contribution in [0.3, 0.4) is 0 Å². The molecule has 0 bridgehead atoms. The number of nitrogens with zero attached hydrogens (tertiary/aromatic N) is 2. The first-order valence-electron chi connectivity index (χ1n) is 7.34. The standard InChI is InChI=1S/C16H19ClN2O2/c17-6-9-18-7-3-8-19(11-10-18)16(20)15-12-13-4-1-2-5-14(13)21-15/h1-2,4-5,12H,3,6-11H2. The highest BCUT2D eigenvalue weighted by Crippen LogP contribution is 2.20. The fourth-order valence-electron chi connectivity index (χ4n) is 2.76. The quantitative estimate of drug-likeness (QED) is 0.818. The molecule has 3 rings (SSSR count). The number of carbonyl (C=O) groups excluding carboxylic acids is 1. The van der Waals surface area contributed by atoms with Gasteiger partial charge < -0.3 is 14.2 Å². The van der Waals surface area contributed by atoms with Crippen LogP contribution in [0.2, 0.25) is 0 Å². The molecular weight excluding hydrogens is 288 g/mol. The number of alkyl halides is 1. The van der Waals surface area contributed by atoms with E-state index in [0.717, 1.165) is 50.1 Å². The van der Waals surface area contributed by atoms with Gasteiger partial charge in [-0.3, -0.25) is 4.79 Å². The lowest BCUT2D eigenvalue weighted by Gasteiger charge is -2.20. The van der Waals surface area contributed by atoms with Gasteiger partial charge in [-0.1, -0.05) is 18.2 Å². The molecule has 0 N–H and O–H groups in total. The summed E-state index contributed by atoms with van der Waals surface area (Å²) in [5, 5.41) is 0.972. The van der Waals surface area contributed by atoms with Crippen molar-refractivity contribution in [3.63, 3.8) is 0 Å². The van der Waals surface area contributed by atoms with Crippen LogP contribution in [0, 0.1) is 0 Å². The molecule has 5 heteroatoms. The summed E-state index contributed by atoms with van der Waals surface area (Å²) in [5.41, 5.74) is 0.763. The maximum atomic E-state index is 12.6. The minimum absolute atomic E-state index is 0.0149. The molecule has 1 fully saturated rings. The second-order valence-corrected chi connectivity index (χ2v) is 5.70. The van der Waals surface area contributed by atoms with Gasteiger partial charge in [0.25, 0.3) is 5.91 Å². The van der Waals surface area contributed by atoms with Crippen LogP contribution in [-0.2, 0) is 0 Å². The number of fused-ring (bicyclic) bond motifs is 1. The smallest absolute Gasteiger partial charge is 0.289 e. The predicted octanol–water partition coefficient (Wildman–Crippen LogP) is 2.82. The Labute approximate surface area is 129 Å². The zero-order chi connectivity index (χ0) is 14.7. The minimum Gasteiger partial charge on any atom is -0.451 e. The van der Waals surface area contributed by atoms with E-state index in [2.05, 4.69) is 4.90 Å². The largest absolute Gasteiger partial charge is 0.451 e. The molecule has 21 heavy (non-hydrogen) atoms. The Morgan fingerprint density at radius 3 is 2.86 bits per heavy atom. The summed E-state index contributed by atoms with van der Waals surface area (Å²) >= 11 is 5.79. The Morgan fingerprint density at radius 2 is 2.05 bits per heavy atom. The molecule has 1 aromatic heterocycles. The third-order valence-electron chi connectivity index (χ3n) is 3.91. The molecule has 1 saturated heterocycles. The molecule has 1 aliphatic rings. The molecule has 2 aromatic rings. The first-order valence-corrected chi connectivity index (χ1v) is 7.87. The van der Waals surface area contributed by atoms with Crippen LogP contribution in [0.5, 0.6) is 0 Å². The number of carbonyl (C=O) groups is 1. The van der Waals surface area contributed by atoms with E-state index in [1.54, 1.807) is 0 Å². The monoisotopic (exact) mass is 306 g/mol. The fourth-order valence-corrected chi connectivity index (χ4v) is 3.00. The van der Waals surface area contributed by atoms with Crippen molar-refractivity contribution in [2.45, 2.75) is 6.42 Å². The number of rotatable bonds is 3. The number of hydrogen-bond acceptors (Lipinski definition) is 3. The zero-order valence-corrected chi connectivity index (χ0v) is 12.7. The van der Waals surface area contributed by atoms with E-state index in [1.165, 1.54) is 0 Å². The molecule has 2 heterocycles. The van der Waals surface area contributed by atoms with E-state index >= 15 is 0 Å². The summed E-state index contributed by atoms with van der Waals surface area (Å²) in [6.45, 7) is 4.25. The fraction of sp³-hybridized carbons (Fsp3) is 0.438. The summed E-state index contributed by atoms with van der Waals surface area (Å²) in [6, 6.07) is 9.54. The van der Waals surface area contributed by atoms with Gasteiger partial charge >= 0.3 is 0 Å². The highest BCUT2D eigenvalue weighted by atomic mass is 35.5. The van der Waals surface area contributed by atoms with Crippen LogP contribution in [-0.4, -0.2) is 54.3 Å². The molecule has 4 nitrogen and oxygen atoms in total. The minimum atomic E-state index is -0.0149. The Kier molecular flexibility index (Phi) is 4.46. The molecule has 112 valence electrons. The predicted molar refractivity (Wildman–Crippen MR) is 83.9 cm³/mol. The van der Waals surface area contributed by atoms with Gasteiger partial charge in [0.2, 0.25) is 0 Å². The Bertz CT molecular complexity index is 593. The van der Waals surface area contributed by atoms with Crippen LogP contribution in [0.4, 0.5) is 0 Å². The van der Waals surface area contributed by atoms with Crippen molar-refractivity contribution in [1.82, 2.24) is 9.80 Å². The van der Waals surface area contributed by atoms with Crippen LogP contribution in [0.25, 0.3) is 11.0 Å². The molecule has 0 atom stereocenters. The van der Waals surface area contributed by atoms with Crippen LogP contribution < -0.4 is 0 Å². The maximum Gasteiger partial charge on any atom is 0.289 e. The van der Waals surface area contributed by atoms with Crippen molar-refractivity contribution < 1.29 is 9.21 Å². The van der Waals surface area contributed by atoms with E-state index in [1.807, 2.05) is 35.2 Å². The Morgan fingerprint density at radius 1 is 1.19 bits per heavy atom. The van der Waals surface area contributed by atoms with E-state index in [-0.39, 0.29) is 5.91 Å². The van der Waals surface area contributed by atoms with Crippen molar-refractivity contribution in [3.05, 3.63) is 36.1 Å². The molecule has 0 spiro atoms. The summed E-state index contributed by atoms with van der Waals surface area (Å²) in [5.74, 6) is 1.05. The van der Waals surface area contributed by atoms with Gasteiger partial charge in [0.15, 0.2) is 5.76 Å². The number of halogens is 1. The van der Waals surface area contributed by atoms with E-state index < -0.39 is 0 Å². The number of furan rings is 1. The maximum absolute atomic E-state index is 12.6. The third kappa shape index (κ3) is 3.22. The zero-order valence-electron chi connectivity index (χ0n) is 11.9. The van der Waals surface area contributed by atoms with Gasteiger partial charge in [-0.05, 0) is 25.1 Å². The number of amides is 1. The highest BCUT2D eigenvalue weighted by molar-refractivity contribution is 6.18. The van der Waals surface area contributed by atoms with Crippen molar-refractivity contribution in [2.24, 2.45) is 0 Å². The van der Waals surface area contributed by atoms with Crippen molar-refractivity contribution in [3.8, 4) is 0 Å². The first kappa shape index (κ1) is 14.4. The van der Waals surface area contributed by atoms with Gasteiger partial charge in [-0.2, -0.15) is 0 Å². The summed E-state index contributed by atoms with van der Waals surface area (Å²) in [6.07, 6.45) is 0.975. The highest BCUT2D eigenvalue weighted by Gasteiger charge is 2.22. The molecule has 1 amide bonds. The molecule has 0 aliphatic carbocycles. The summed E-state index contributed by atoms with van der Waals surface area (Å²) in [4.78, 5) is 16.8. The van der Waals surface area contributed by atoms with Crippen LogP contribution in [0.1, 0.15) is 17.0 Å². The topological polar surface area (TPSA) is 36.7 Å². The van der Waals surface area contributed by atoms with E-state index in [0.29, 0.717) is 11.6 Å². The first-order chi connectivity index (χ1) is 10.3. The SMILES string of the molecule is O=C(c1cc2ccccc2o1)N1CCCN(CCCl)CC1. The molecule has 1 aromatic carbocycles. The van der Waals surface area contributed by atoms with Gasteiger partial charge in [0.05, 0.1) is 0 Å². The third-order valence-corrected chi connectivity index (χ3v) is 4.08. The Balaban J connectivity index is 1.72. The van der Waals surface area contributed by atoms with E-state index in [9.17, 15) is 4.79 Å². The van der Waals surface area contributed by atoms with Gasteiger partial charge in [0.1, 0.15) is 5.58 Å². The summed E-state index contributed by atoms with van der Waals surface area (Å²) < 4.78 is 5.67. The summed E-state index contributed by atoms with van der Waals surface area (Å²) in [7, 11) is 0. The average molecular weight is 307 g/mol. The van der Waals surface area contributed by atoms with Gasteiger partial charge in [-0.25, -0.2) is 0 Å². The molecule has 0 radical (unpaired) electrons. The lowest BCUT2D eigenvalue weighted by molar-refractivity contribution is 0.0732.